The number of carbonyl (C=O) groups is 3. The summed E-state index contributed by atoms with van der Waals surface area (Å²) in [6, 6.07) is 0. The summed E-state index contributed by atoms with van der Waals surface area (Å²) in [5.74, 6) is -1.52. The molecule has 0 aromatic carbocycles. The minimum Gasteiger partial charge on any atom is -0.481 e. The van der Waals surface area contributed by atoms with E-state index in [0.29, 0.717) is 72.4 Å². The average Bonchev–Trinajstić information content (AvgIpc) is 2.66. The van der Waals surface area contributed by atoms with E-state index in [9.17, 15) is 14.4 Å². The number of amides is 1. The molecular weight excluding hydrogens is 374 g/mol. The average molecular weight is 407 g/mol. The van der Waals surface area contributed by atoms with Gasteiger partial charge in [0, 0.05) is 19.6 Å². The highest BCUT2D eigenvalue weighted by molar-refractivity contribution is 5.80. The first-order valence-electron chi connectivity index (χ1n) is 9.51. The smallest absolute Gasteiger partial charge is 0.308 e. The molecule has 0 saturated heterocycles. The zero-order chi connectivity index (χ0) is 20.9. The monoisotopic (exact) mass is 407 g/mol. The molecule has 0 unspecified atom stereocenters. The van der Waals surface area contributed by atoms with Crippen LogP contribution >= 0.6 is 0 Å². The van der Waals surface area contributed by atoms with Crippen molar-refractivity contribution < 1.29 is 43.2 Å². The molecule has 0 radical (unpaired) electrons. The standard InChI is InChI=1S/C18H33NO9/c1-2-28-18(23)6-9-25-11-13-27-15-14-26-12-10-24-8-3-7-19-16(20)4-5-17(21)22/h2-15H2,1H3,(H,19,20)(H,21,22). The van der Waals surface area contributed by atoms with E-state index in [1.807, 2.05) is 0 Å². The molecule has 10 nitrogen and oxygen atoms in total. The Kier molecular flexibility index (Phi) is 18.7. The number of hydrogen-bond donors (Lipinski definition) is 2. The van der Waals surface area contributed by atoms with Crippen LogP contribution in [0.15, 0.2) is 0 Å². The molecule has 0 aliphatic heterocycles. The van der Waals surface area contributed by atoms with Gasteiger partial charge in [0.25, 0.3) is 0 Å². The zero-order valence-corrected chi connectivity index (χ0v) is 16.6. The number of ether oxygens (including phenoxy) is 5. The largest absolute Gasteiger partial charge is 0.481 e. The van der Waals surface area contributed by atoms with Gasteiger partial charge in [0.2, 0.25) is 5.91 Å². The molecule has 0 aromatic heterocycles. The van der Waals surface area contributed by atoms with Crippen LogP contribution in [0.25, 0.3) is 0 Å². The van der Waals surface area contributed by atoms with Gasteiger partial charge in [-0.3, -0.25) is 14.4 Å². The Bertz CT molecular complexity index is 418. The fraction of sp³-hybridized carbons (Fsp3) is 0.833. The fourth-order valence-electron chi connectivity index (χ4n) is 1.86. The second-order valence-electron chi connectivity index (χ2n) is 5.60. The molecule has 164 valence electrons. The number of rotatable bonds is 20. The number of hydrogen-bond acceptors (Lipinski definition) is 8. The molecule has 0 aliphatic carbocycles. The van der Waals surface area contributed by atoms with Gasteiger partial charge < -0.3 is 34.1 Å². The van der Waals surface area contributed by atoms with E-state index in [1.165, 1.54) is 0 Å². The van der Waals surface area contributed by atoms with Gasteiger partial charge in [-0.2, -0.15) is 0 Å². The lowest BCUT2D eigenvalue weighted by Gasteiger charge is -2.08. The molecular formula is C18H33NO9. The van der Waals surface area contributed by atoms with Crippen LogP contribution in [0.1, 0.15) is 32.6 Å². The highest BCUT2D eigenvalue weighted by Crippen LogP contribution is 1.90. The predicted octanol–water partition coefficient (Wildman–Crippen LogP) is 0.377. The maximum atomic E-state index is 11.3. The first-order chi connectivity index (χ1) is 13.6. The summed E-state index contributed by atoms with van der Waals surface area (Å²) in [6.07, 6.45) is 0.726. The Labute approximate surface area is 165 Å². The molecule has 0 rings (SSSR count). The van der Waals surface area contributed by atoms with E-state index < -0.39 is 5.97 Å². The van der Waals surface area contributed by atoms with E-state index in [2.05, 4.69) is 5.32 Å². The molecule has 0 fully saturated rings. The van der Waals surface area contributed by atoms with Gasteiger partial charge in [-0.1, -0.05) is 0 Å². The van der Waals surface area contributed by atoms with Crippen LogP contribution in [0, 0.1) is 0 Å². The topological polar surface area (TPSA) is 130 Å². The molecule has 0 aliphatic rings. The molecule has 0 aromatic rings. The number of esters is 1. The molecule has 0 heterocycles. The summed E-state index contributed by atoms with van der Waals surface area (Å²) in [7, 11) is 0. The summed E-state index contributed by atoms with van der Waals surface area (Å²) < 4.78 is 26.0. The Morgan fingerprint density at radius 3 is 1.82 bits per heavy atom. The van der Waals surface area contributed by atoms with Gasteiger partial charge in [-0.25, -0.2) is 0 Å². The van der Waals surface area contributed by atoms with Crippen molar-refractivity contribution in [1.82, 2.24) is 5.32 Å². The van der Waals surface area contributed by atoms with Gasteiger partial charge >= 0.3 is 11.9 Å². The Hall–Kier alpha value is -1.75. The third-order valence-electron chi connectivity index (χ3n) is 3.23. The summed E-state index contributed by atoms with van der Waals surface area (Å²) >= 11 is 0. The Morgan fingerprint density at radius 2 is 1.29 bits per heavy atom. The van der Waals surface area contributed by atoms with Crippen LogP contribution in [0.3, 0.4) is 0 Å². The lowest BCUT2D eigenvalue weighted by atomic mass is 10.3. The molecule has 2 N–H and O–H groups in total. The van der Waals surface area contributed by atoms with Crippen molar-refractivity contribution in [1.29, 1.82) is 0 Å². The van der Waals surface area contributed by atoms with E-state index in [4.69, 9.17) is 28.8 Å². The van der Waals surface area contributed by atoms with Crippen LogP contribution in [0.4, 0.5) is 0 Å². The normalized spacial score (nSPS) is 10.6. The highest BCUT2D eigenvalue weighted by Gasteiger charge is 2.04. The number of carbonyl (C=O) groups excluding carboxylic acids is 2. The van der Waals surface area contributed by atoms with Gasteiger partial charge in [0.05, 0.1) is 65.7 Å². The van der Waals surface area contributed by atoms with Crippen molar-refractivity contribution in [2.24, 2.45) is 0 Å². The summed E-state index contributed by atoms with van der Waals surface area (Å²) in [5, 5.41) is 11.1. The van der Waals surface area contributed by atoms with E-state index >= 15 is 0 Å². The lowest BCUT2D eigenvalue weighted by molar-refractivity contribution is -0.144. The van der Waals surface area contributed by atoms with Gasteiger partial charge in [-0.15, -0.1) is 0 Å². The third kappa shape index (κ3) is 20.6. The SMILES string of the molecule is CCOC(=O)CCOCCOCCOCCOCCCNC(=O)CCC(=O)O. The molecule has 1 amide bonds. The molecule has 0 atom stereocenters. The van der Waals surface area contributed by atoms with Gasteiger partial charge in [-0.05, 0) is 13.3 Å². The minimum atomic E-state index is -0.983. The molecule has 0 spiro atoms. The fourth-order valence-corrected chi connectivity index (χ4v) is 1.86. The molecule has 0 bridgehead atoms. The minimum absolute atomic E-state index is 0.00812. The zero-order valence-electron chi connectivity index (χ0n) is 16.6. The number of aliphatic carboxylic acids is 1. The number of carboxylic acids is 1. The predicted molar refractivity (Wildman–Crippen MR) is 99.0 cm³/mol. The third-order valence-corrected chi connectivity index (χ3v) is 3.23. The maximum absolute atomic E-state index is 11.3. The first-order valence-corrected chi connectivity index (χ1v) is 9.51. The Morgan fingerprint density at radius 1 is 0.750 bits per heavy atom. The lowest BCUT2D eigenvalue weighted by Crippen LogP contribution is -2.25. The van der Waals surface area contributed by atoms with E-state index in [0.717, 1.165) is 0 Å². The van der Waals surface area contributed by atoms with Crippen LogP contribution in [0.2, 0.25) is 0 Å². The first kappa shape index (κ1) is 26.2. The summed E-state index contributed by atoms with van der Waals surface area (Å²) in [4.78, 5) is 32.6. The maximum Gasteiger partial charge on any atom is 0.308 e. The number of carboxylic acid groups (broad SMARTS) is 1. The van der Waals surface area contributed by atoms with Crippen molar-refractivity contribution in [2.45, 2.75) is 32.6 Å². The van der Waals surface area contributed by atoms with E-state index in [-0.39, 0.29) is 31.1 Å². The molecule has 0 saturated carbocycles. The van der Waals surface area contributed by atoms with Crippen LogP contribution in [-0.4, -0.2) is 89.0 Å². The van der Waals surface area contributed by atoms with Crippen LogP contribution in [0.5, 0.6) is 0 Å². The molecule has 10 heteroatoms. The van der Waals surface area contributed by atoms with Gasteiger partial charge in [0.1, 0.15) is 0 Å². The van der Waals surface area contributed by atoms with Crippen molar-refractivity contribution >= 4 is 17.8 Å². The summed E-state index contributed by atoms with van der Waals surface area (Å²) in [6.45, 7) is 6.04. The van der Waals surface area contributed by atoms with E-state index in [1.54, 1.807) is 6.92 Å². The second kappa shape index (κ2) is 20.0. The Balaban J connectivity index is 3.15. The quantitative estimate of drug-likeness (QED) is 0.217. The van der Waals surface area contributed by atoms with Crippen molar-refractivity contribution in [3.63, 3.8) is 0 Å². The van der Waals surface area contributed by atoms with Crippen molar-refractivity contribution in [2.75, 3.05) is 66.0 Å². The number of nitrogens with one attached hydrogen (secondary N) is 1. The highest BCUT2D eigenvalue weighted by atomic mass is 16.6. The van der Waals surface area contributed by atoms with Gasteiger partial charge in [0.15, 0.2) is 0 Å². The van der Waals surface area contributed by atoms with Crippen molar-refractivity contribution in [3.8, 4) is 0 Å². The van der Waals surface area contributed by atoms with Crippen molar-refractivity contribution in [3.05, 3.63) is 0 Å². The van der Waals surface area contributed by atoms with Crippen LogP contribution in [-0.2, 0) is 38.1 Å². The second-order valence-corrected chi connectivity index (χ2v) is 5.60. The van der Waals surface area contributed by atoms with Crippen LogP contribution < -0.4 is 5.32 Å². The molecule has 28 heavy (non-hydrogen) atoms. The summed E-state index contributed by atoms with van der Waals surface area (Å²) in [5.41, 5.74) is 0.